The van der Waals surface area contributed by atoms with Crippen molar-refractivity contribution in [3.05, 3.63) is 29.2 Å². The normalized spacial score (nSPS) is 20.8. The Labute approximate surface area is 125 Å². The molecular formula is C15H22BNO4. The first-order chi connectivity index (χ1) is 9.66. The van der Waals surface area contributed by atoms with Gasteiger partial charge < -0.3 is 25.3 Å². The third-order valence-electron chi connectivity index (χ3n) is 4.13. The quantitative estimate of drug-likeness (QED) is 0.450. The van der Waals surface area contributed by atoms with Crippen molar-refractivity contribution in [1.82, 2.24) is 0 Å². The molecule has 2 rings (SSSR count). The SMILES string of the molecule is CC1(C)OB(C(=Cc2cc(N)ccc2O)CO)OC1(C)C. The van der Waals surface area contributed by atoms with Gasteiger partial charge in [0, 0.05) is 11.3 Å². The van der Waals surface area contributed by atoms with Crippen molar-refractivity contribution >= 4 is 18.9 Å². The summed E-state index contributed by atoms with van der Waals surface area (Å²) in [6.07, 6.45) is 1.65. The first-order valence-corrected chi connectivity index (χ1v) is 6.92. The summed E-state index contributed by atoms with van der Waals surface area (Å²) in [5.41, 5.74) is 6.35. The van der Waals surface area contributed by atoms with Crippen LogP contribution in [0.2, 0.25) is 0 Å². The number of aliphatic hydroxyl groups excluding tert-OH is 1. The van der Waals surface area contributed by atoms with E-state index in [0.29, 0.717) is 16.7 Å². The average Bonchev–Trinajstić information content (AvgIpc) is 2.59. The van der Waals surface area contributed by atoms with Crippen molar-refractivity contribution in [3.63, 3.8) is 0 Å². The van der Waals surface area contributed by atoms with E-state index in [1.165, 1.54) is 6.07 Å². The molecule has 0 aliphatic carbocycles. The van der Waals surface area contributed by atoms with Crippen molar-refractivity contribution in [3.8, 4) is 5.75 Å². The van der Waals surface area contributed by atoms with E-state index in [2.05, 4.69) is 0 Å². The number of hydrogen-bond acceptors (Lipinski definition) is 5. The number of hydrogen-bond donors (Lipinski definition) is 3. The molecule has 0 aromatic heterocycles. The number of aromatic hydroxyl groups is 1. The molecule has 1 aromatic carbocycles. The Hall–Kier alpha value is -1.50. The van der Waals surface area contributed by atoms with Crippen LogP contribution >= 0.6 is 0 Å². The number of benzene rings is 1. The first kappa shape index (κ1) is 15.9. The van der Waals surface area contributed by atoms with Crippen LogP contribution in [0, 0.1) is 0 Å². The molecule has 4 N–H and O–H groups in total. The molecule has 0 unspecified atom stereocenters. The van der Waals surface area contributed by atoms with Gasteiger partial charge in [0.15, 0.2) is 0 Å². The zero-order chi connectivity index (χ0) is 15.8. The van der Waals surface area contributed by atoms with Crippen LogP contribution in [-0.2, 0) is 9.31 Å². The molecule has 114 valence electrons. The highest BCUT2D eigenvalue weighted by Crippen LogP contribution is 2.39. The Morgan fingerprint density at radius 3 is 2.33 bits per heavy atom. The zero-order valence-corrected chi connectivity index (χ0v) is 12.9. The summed E-state index contributed by atoms with van der Waals surface area (Å²) in [5.74, 6) is 0.0895. The third kappa shape index (κ3) is 3.07. The van der Waals surface area contributed by atoms with E-state index in [0.717, 1.165) is 0 Å². The molecule has 0 spiro atoms. The molecule has 1 aliphatic heterocycles. The molecule has 21 heavy (non-hydrogen) atoms. The lowest BCUT2D eigenvalue weighted by atomic mass is 9.77. The molecule has 0 saturated carbocycles. The number of nitrogen functional groups attached to an aromatic ring is 1. The van der Waals surface area contributed by atoms with Crippen LogP contribution < -0.4 is 5.73 Å². The highest BCUT2D eigenvalue weighted by atomic mass is 16.7. The highest BCUT2D eigenvalue weighted by Gasteiger charge is 2.52. The van der Waals surface area contributed by atoms with Crippen LogP contribution in [0.15, 0.2) is 23.7 Å². The van der Waals surface area contributed by atoms with Crippen LogP contribution in [0.1, 0.15) is 33.3 Å². The zero-order valence-electron chi connectivity index (χ0n) is 12.9. The maximum atomic E-state index is 9.86. The van der Waals surface area contributed by atoms with Crippen LogP contribution in [0.25, 0.3) is 6.08 Å². The summed E-state index contributed by atoms with van der Waals surface area (Å²) >= 11 is 0. The van der Waals surface area contributed by atoms with Crippen LogP contribution in [0.5, 0.6) is 5.75 Å². The lowest BCUT2D eigenvalue weighted by Gasteiger charge is -2.32. The van der Waals surface area contributed by atoms with Gasteiger partial charge in [-0.25, -0.2) is 0 Å². The lowest BCUT2D eigenvalue weighted by Crippen LogP contribution is -2.41. The largest absolute Gasteiger partial charge is 0.507 e. The van der Waals surface area contributed by atoms with Crippen LogP contribution in [-0.4, -0.2) is 35.1 Å². The topological polar surface area (TPSA) is 84.9 Å². The molecule has 0 bridgehead atoms. The third-order valence-corrected chi connectivity index (χ3v) is 4.13. The molecule has 0 atom stereocenters. The second-order valence-electron chi connectivity index (χ2n) is 6.28. The molecule has 1 heterocycles. The maximum absolute atomic E-state index is 9.86. The number of phenolic OH excluding ortho intramolecular Hbond substituents is 1. The highest BCUT2D eigenvalue weighted by molar-refractivity contribution is 6.55. The second-order valence-corrected chi connectivity index (χ2v) is 6.28. The molecule has 0 amide bonds. The predicted octanol–water partition coefficient (Wildman–Crippen LogP) is 1.98. The monoisotopic (exact) mass is 291 g/mol. The van der Waals surface area contributed by atoms with Gasteiger partial charge in [0.25, 0.3) is 0 Å². The van der Waals surface area contributed by atoms with E-state index in [1.807, 2.05) is 27.7 Å². The smallest absolute Gasteiger partial charge is 0.492 e. The molecule has 1 saturated heterocycles. The van der Waals surface area contributed by atoms with Gasteiger partial charge in [-0.3, -0.25) is 0 Å². The maximum Gasteiger partial charge on any atom is 0.492 e. The molecule has 1 fully saturated rings. The van der Waals surface area contributed by atoms with E-state index in [9.17, 15) is 10.2 Å². The second kappa shape index (κ2) is 5.37. The van der Waals surface area contributed by atoms with E-state index in [1.54, 1.807) is 18.2 Å². The van der Waals surface area contributed by atoms with E-state index in [4.69, 9.17) is 15.0 Å². The summed E-state index contributed by atoms with van der Waals surface area (Å²) in [5, 5.41) is 19.5. The van der Waals surface area contributed by atoms with E-state index < -0.39 is 18.3 Å². The fourth-order valence-corrected chi connectivity index (χ4v) is 2.07. The molecule has 1 aromatic rings. The molecule has 1 aliphatic rings. The number of aliphatic hydroxyl groups is 1. The average molecular weight is 291 g/mol. The van der Waals surface area contributed by atoms with E-state index in [-0.39, 0.29) is 12.4 Å². The Balaban J connectivity index is 2.33. The fraction of sp³-hybridized carbons (Fsp3) is 0.467. The first-order valence-electron chi connectivity index (χ1n) is 6.92. The molecular weight excluding hydrogens is 269 g/mol. The van der Waals surface area contributed by atoms with E-state index >= 15 is 0 Å². The Morgan fingerprint density at radius 1 is 1.24 bits per heavy atom. The van der Waals surface area contributed by atoms with Crippen molar-refractivity contribution in [2.45, 2.75) is 38.9 Å². The molecule has 6 heteroatoms. The summed E-state index contributed by atoms with van der Waals surface area (Å²) in [7, 11) is -0.652. The van der Waals surface area contributed by atoms with Gasteiger partial charge in [-0.15, -0.1) is 0 Å². The van der Waals surface area contributed by atoms with Gasteiger partial charge >= 0.3 is 7.12 Å². The van der Waals surface area contributed by atoms with Gasteiger partial charge in [0.05, 0.1) is 17.8 Å². The molecule has 5 nitrogen and oxygen atoms in total. The van der Waals surface area contributed by atoms with Gasteiger partial charge in [0.2, 0.25) is 0 Å². The summed E-state index contributed by atoms with van der Waals surface area (Å²) in [4.78, 5) is 0. The van der Waals surface area contributed by atoms with Gasteiger partial charge in [0.1, 0.15) is 5.75 Å². The van der Waals surface area contributed by atoms with Crippen molar-refractivity contribution in [2.24, 2.45) is 0 Å². The fourth-order valence-electron chi connectivity index (χ4n) is 2.07. The predicted molar refractivity (Wildman–Crippen MR) is 83.7 cm³/mol. The van der Waals surface area contributed by atoms with Crippen LogP contribution in [0.3, 0.4) is 0 Å². The number of nitrogens with two attached hydrogens (primary N) is 1. The van der Waals surface area contributed by atoms with Crippen molar-refractivity contribution in [2.75, 3.05) is 12.3 Å². The standard InChI is InChI=1S/C15H22BNO4/c1-14(2)15(3,4)21-16(20-14)11(9-18)7-10-8-12(17)5-6-13(10)19/h5-8,18-19H,9,17H2,1-4H3. The summed E-state index contributed by atoms with van der Waals surface area (Å²) in [6, 6.07) is 4.76. The molecule has 0 radical (unpaired) electrons. The number of rotatable bonds is 3. The van der Waals surface area contributed by atoms with Crippen molar-refractivity contribution in [1.29, 1.82) is 0 Å². The minimum atomic E-state index is -0.652. The van der Waals surface area contributed by atoms with Gasteiger partial charge in [-0.2, -0.15) is 0 Å². The minimum absolute atomic E-state index is 0.0895. The lowest BCUT2D eigenvalue weighted by molar-refractivity contribution is 0.00578. The summed E-state index contributed by atoms with van der Waals surface area (Å²) in [6.45, 7) is 7.55. The van der Waals surface area contributed by atoms with Gasteiger partial charge in [-0.05, 0) is 51.4 Å². The minimum Gasteiger partial charge on any atom is -0.507 e. The number of phenols is 1. The Kier molecular flexibility index (Phi) is 4.06. The number of anilines is 1. The Morgan fingerprint density at radius 2 is 1.81 bits per heavy atom. The van der Waals surface area contributed by atoms with Crippen molar-refractivity contribution < 1.29 is 19.5 Å². The summed E-state index contributed by atoms with van der Waals surface area (Å²) < 4.78 is 11.8. The van der Waals surface area contributed by atoms with Crippen LogP contribution in [0.4, 0.5) is 5.69 Å². The Bertz CT molecular complexity index is 553. The van der Waals surface area contributed by atoms with Gasteiger partial charge in [-0.1, -0.05) is 6.08 Å².